The van der Waals surface area contributed by atoms with Crippen LogP contribution < -0.4 is 4.72 Å². The van der Waals surface area contributed by atoms with Crippen molar-refractivity contribution in [3.8, 4) is 0 Å². The lowest BCUT2D eigenvalue weighted by Gasteiger charge is -2.53. The van der Waals surface area contributed by atoms with Crippen LogP contribution in [0.4, 0.5) is 0 Å². The molecule has 1 aromatic rings. The van der Waals surface area contributed by atoms with Crippen molar-refractivity contribution in [3.63, 3.8) is 0 Å². The Bertz CT molecular complexity index is 695. The number of amides is 1. The third-order valence-corrected chi connectivity index (χ3v) is 7.08. The monoisotopic (exact) mass is 385 g/mol. The van der Waals surface area contributed by atoms with Crippen molar-refractivity contribution in [2.45, 2.75) is 31.7 Å². The number of nitrogens with one attached hydrogen (secondary N) is 1. The molecule has 1 atom stereocenters. The van der Waals surface area contributed by atoms with Gasteiger partial charge in [0.15, 0.2) is 0 Å². The molecule has 3 heterocycles. The second kappa shape index (κ2) is 7.34. The normalized spacial score (nSPS) is 24.6. The molecule has 0 unspecified atom stereocenters. The highest BCUT2D eigenvalue weighted by molar-refractivity contribution is 7.88. The van der Waals surface area contributed by atoms with E-state index in [1.807, 2.05) is 21.7 Å². The molecule has 0 radical (unpaired) electrons. The van der Waals surface area contributed by atoms with E-state index in [1.165, 1.54) is 17.6 Å². The molecule has 2 saturated heterocycles. The zero-order chi connectivity index (χ0) is 18.1. The molecular weight excluding hydrogens is 358 g/mol. The molecule has 1 amide bonds. The van der Waals surface area contributed by atoms with Crippen molar-refractivity contribution >= 4 is 27.3 Å². The molecule has 8 heteroatoms. The van der Waals surface area contributed by atoms with Crippen LogP contribution in [0, 0.1) is 5.41 Å². The Morgan fingerprint density at radius 2 is 2.04 bits per heavy atom. The quantitative estimate of drug-likeness (QED) is 0.855. The number of thiophene rings is 1. The second-order valence-corrected chi connectivity index (χ2v) is 10.0. The first-order valence-electron chi connectivity index (χ1n) is 8.77. The molecule has 1 aromatic heterocycles. The highest BCUT2D eigenvalue weighted by Gasteiger charge is 2.47. The Kier molecular flexibility index (Phi) is 5.53. The Morgan fingerprint density at radius 1 is 1.32 bits per heavy atom. The molecule has 25 heavy (non-hydrogen) atoms. The van der Waals surface area contributed by atoms with Crippen LogP contribution in [0.15, 0.2) is 16.8 Å². The molecule has 3 rings (SSSR count). The van der Waals surface area contributed by atoms with Crippen LogP contribution in [0.3, 0.4) is 0 Å². The Morgan fingerprint density at radius 3 is 2.64 bits per heavy atom. The average molecular weight is 386 g/mol. The Balaban J connectivity index is 1.88. The molecule has 0 bridgehead atoms. The van der Waals surface area contributed by atoms with Gasteiger partial charge in [-0.05, 0) is 62.7 Å². The summed E-state index contributed by atoms with van der Waals surface area (Å²) in [4.78, 5) is 17.3. The van der Waals surface area contributed by atoms with Crippen LogP contribution in [0.25, 0.3) is 0 Å². The van der Waals surface area contributed by atoms with Crippen molar-refractivity contribution in [2.24, 2.45) is 5.41 Å². The lowest BCUT2D eigenvalue weighted by atomic mass is 9.66. The van der Waals surface area contributed by atoms with Crippen LogP contribution in [-0.2, 0) is 10.0 Å². The Labute approximate surface area is 154 Å². The predicted octanol–water partition coefficient (Wildman–Crippen LogP) is 1.61. The van der Waals surface area contributed by atoms with E-state index in [4.69, 9.17) is 0 Å². The molecule has 2 aliphatic heterocycles. The van der Waals surface area contributed by atoms with Gasteiger partial charge in [0.05, 0.1) is 17.9 Å². The number of carbonyl (C=O) groups is 1. The second-order valence-electron chi connectivity index (χ2n) is 7.42. The van der Waals surface area contributed by atoms with Gasteiger partial charge in [-0.15, -0.1) is 0 Å². The maximum Gasteiger partial charge on any atom is 0.255 e. The minimum Gasteiger partial charge on any atom is -0.334 e. The number of piperidine rings is 2. The number of rotatable bonds is 4. The van der Waals surface area contributed by atoms with Gasteiger partial charge in [-0.2, -0.15) is 11.3 Å². The van der Waals surface area contributed by atoms with E-state index in [-0.39, 0.29) is 17.4 Å². The van der Waals surface area contributed by atoms with E-state index in [1.54, 1.807) is 0 Å². The van der Waals surface area contributed by atoms with Gasteiger partial charge in [0, 0.05) is 18.5 Å². The summed E-state index contributed by atoms with van der Waals surface area (Å²) in [5.74, 6) is 0.0274. The van der Waals surface area contributed by atoms with Gasteiger partial charge < -0.3 is 9.80 Å². The molecule has 140 valence electrons. The highest BCUT2D eigenvalue weighted by atomic mass is 32.2. The van der Waals surface area contributed by atoms with Crippen molar-refractivity contribution in [1.29, 1.82) is 0 Å². The summed E-state index contributed by atoms with van der Waals surface area (Å²) >= 11 is 1.51. The fraction of sp³-hybridized carbons (Fsp3) is 0.706. The maximum atomic E-state index is 13.0. The number of nitrogens with zero attached hydrogens (tertiary/aromatic N) is 2. The van der Waals surface area contributed by atoms with Gasteiger partial charge in [-0.1, -0.05) is 0 Å². The van der Waals surface area contributed by atoms with E-state index in [9.17, 15) is 13.2 Å². The minimum atomic E-state index is -3.29. The van der Waals surface area contributed by atoms with Gasteiger partial charge >= 0.3 is 0 Å². The molecule has 0 saturated carbocycles. The summed E-state index contributed by atoms with van der Waals surface area (Å²) in [5.41, 5.74) is 0.716. The SMILES string of the molecule is CN1CCC2(CCCN(C(=O)c3ccsc3)[C@@H]2CNS(C)(=O)=O)CC1. The zero-order valence-corrected chi connectivity index (χ0v) is 16.5. The predicted molar refractivity (Wildman–Crippen MR) is 100 cm³/mol. The topological polar surface area (TPSA) is 69.7 Å². The summed E-state index contributed by atoms with van der Waals surface area (Å²) in [6.45, 7) is 2.99. The van der Waals surface area contributed by atoms with Crippen LogP contribution >= 0.6 is 11.3 Å². The first kappa shape index (κ1) is 18.8. The largest absolute Gasteiger partial charge is 0.334 e. The molecule has 6 nitrogen and oxygen atoms in total. The lowest BCUT2D eigenvalue weighted by Crippen LogP contribution is -2.61. The first-order valence-corrected chi connectivity index (χ1v) is 11.6. The van der Waals surface area contributed by atoms with Crippen LogP contribution in [0.5, 0.6) is 0 Å². The van der Waals surface area contributed by atoms with Crippen LogP contribution in [0.1, 0.15) is 36.0 Å². The maximum absolute atomic E-state index is 13.0. The van der Waals surface area contributed by atoms with Gasteiger partial charge in [0.1, 0.15) is 0 Å². The number of sulfonamides is 1. The molecule has 1 spiro atoms. The molecule has 1 N–H and O–H groups in total. The molecule has 0 aliphatic carbocycles. The number of hydrogen-bond donors (Lipinski definition) is 1. The van der Waals surface area contributed by atoms with Crippen molar-refractivity contribution in [1.82, 2.24) is 14.5 Å². The molecule has 0 aromatic carbocycles. The van der Waals surface area contributed by atoms with Crippen molar-refractivity contribution in [2.75, 3.05) is 39.5 Å². The van der Waals surface area contributed by atoms with Gasteiger partial charge in [0.25, 0.3) is 5.91 Å². The lowest BCUT2D eigenvalue weighted by molar-refractivity contribution is -0.0168. The summed E-state index contributed by atoms with van der Waals surface area (Å²) in [6, 6.07) is 1.77. The first-order chi connectivity index (χ1) is 11.8. The fourth-order valence-corrected chi connectivity index (χ4v) is 5.34. The summed E-state index contributed by atoms with van der Waals surface area (Å²) in [6.07, 6.45) is 5.24. The third-order valence-electron chi connectivity index (χ3n) is 5.71. The van der Waals surface area contributed by atoms with E-state index >= 15 is 0 Å². The number of carbonyl (C=O) groups excluding carboxylic acids is 1. The van der Waals surface area contributed by atoms with Crippen molar-refractivity contribution in [3.05, 3.63) is 22.4 Å². The summed E-state index contributed by atoms with van der Waals surface area (Å²) in [7, 11) is -1.17. The van der Waals surface area contributed by atoms with Gasteiger partial charge in [-0.3, -0.25) is 4.79 Å². The zero-order valence-electron chi connectivity index (χ0n) is 14.9. The molecule has 2 aliphatic rings. The summed E-state index contributed by atoms with van der Waals surface area (Å²) in [5, 5.41) is 3.78. The van der Waals surface area contributed by atoms with Crippen LogP contribution in [-0.4, -0.2) is 69.6 Å². The molecule has 2 fully saturated rings. The van der Waals surface area contributed by atoms with Crippen molar-refractivity contribution < 1.29 is 13.2 Å². The Hall–Kier alpha value is -0.960. The van der Waals surface area contributed by atoms with E-state index < -0.39 is 10.0 Å². The van der Waals surface area contributed by atoms with E-state index in [2.05, 4.69) is 16.7 Å². The highest BCUT2D eigenvalue weighted by Crippen LogP contribution is 2.44. The minimum absolute atomic E-state index is 0.00807. The van der Waals surface area contributed by atoms with Crippen LogP contribution in [0.2, 0.25) is 0 Å². The number of likely N-dealkylation sites (tertiary alicyclic amines) is 2. The fourth-order valence-electron chi connectivity index (χ4n) is 4.25. The average Bonchev–Trinajstić information content (AvgIpc) is 3.09. The van der Waals surface area contributed by atoms with E-state index in [0.29, 0.717) is 18.7 Å². The van der Waals surface area contributed by atoms with Gasteiger partial charge in [-0.25, -0.2) is 13.1 Å². The van der Waals surface area contributed by atoms with E-state index in [0.717, 1.165) is 38.8 Å². The summed E-state index contributed by atoms with van der Waals surface area (Å²) < 4.78 is 26.0. The number of hydrogen-bond acceptors (Lipinski definition) is 5. The third kappa shape index (κ3) is 4.24. The molecular formula is C17H27N3O3S2. The van der Waals surface area contributed by atoms with Gasteiger partial charge in [0.2, 0.25) is 10.0 Å². The standard InChI is InChI=1S/C17H27N3O3S2/c1-19-9-6-17(7-10-19)5-3-8-20(15(17)12-18-25(2,22)23)16(21)14-4-11-24-13-14/h4,11,13,15,18H,3,5-10,12H2,1-2H3/t15-/m1/s1. The smallest absolute Gasteiger partial charge is 0.255 e.